The van der Waals surface area contributed by atoms with E-state index >= 15 is 0 Å². The van der Waals surface area contributed by atoms with Crippen molar-refractivity contribution in [3.05, 3.63) is 65.2 Å². The minimum atomic E-state index is -0.989. The van der Waals surface area contributed by atoms with E-state index in [1.807, 2.05) is 62.4 Å². The van der Waals surface area contributed by atoms with Crippen LogP contribution in [0.4, 0.5) is 0 Å². The summed E-state index contributed by atoms with van der Waals surface area (Å²) in [6.07, 6.45) is 0. The Morgan fingerprint density at radius 1 is 1.08 bits per heavy atom. The van der Waals surface area contributed by atoms with Gasteiger partial charge in [-0.15, -0.1) is 0 Å². The van der Waals surface area contributed by atoms with Gasteiger partial charge in [0, 0.05) is 28.9 Å². The molecule has 5 heteroatoms. The molecule has 0 bridgehead atoms. The molecule has 24 heavy (non-hydrogen) atoms. The molecular weight excluding hydrogens is 322 g/mol. The van der Waals surface area contributed by atoms with E-state index in [4.69, 9.17) is 4.74 Å². The van der Waals surface area contributed by atoms with Crippen molar-refractivity contribution in [3.63, 3.8) is 0 Å². The van der Waals surface area contributed by atoms with E-state index in [9.17, 15) is 9.00 Å². The lowest BCUT2D eigenvalue weighted by atomic mass is 10.1. The summed E-state index contributed by atoms with van der Waals surface area (Å²) in [5.74, 6) is 1.42. The predicted molar refractivity (Wildman–Crippen MR) is 97.6 cm³/mol. The van der Waals surface area contributed by atoms with Crippen LogP contribution in [0.2, 0.25) is 0 Å². The molecule has 1 atom stereocenters. The van der Waals surface area contributed by atoms with Gasteiger partial charge in [0.05, 0.1) is 0 Å². The number of ether oxygens (including phenoxy) is 1. The number of rotatable bonds is 8. The zero-order valence-corrected chi connectivity index (χ0v) is 14.9. The molecule has 2 aromatic carbocycles. The van der Waals surface area contributed by atoms with E-state index in [1.54, 1.807) is 0 Å². The van der Waals surface area contributed by atoms with Crippen molar-refractivity contribution in [2.75, 3.05) is 18.9 Å². The van der Waals surface area contributed by atoms with Gasteiger partial charge in [-0.25, -0.2) is 0 Å². The van der Waals surface area contributed by atoms with Gasteiger partial charge in [0.2, 0.25) is 0 Å². The van der Waals surface area contributed by atoms with Crippen molar-refractivity contribution in [3.8, 4) is 5.75 Å². The number of aryl methyl sites for hydroxylation is 2. The summed E-state index contributed by atoms with van der Waals surface area (Å²) in [6.45, 7) is 4.38. The topological polar surface area (TPSA) is 55.4 Å². The summed E-state index contributed by atoms with van der Waals surface area (Å²) in [5, 5.41) is 2.74. The highest BCUT2D eigenvalue weighted by Gasteiger charge is 2.06. The van der Waals surface area contributed by atoms with Crippen LogP contribution in [-0.2, 0) is 21.3 Å². The number of carbonyl (C=O) groups is 1. The predicted octanol–water partition coefficient (Wildman–Crippen LogP) is 2.75. The number of amides is 1. The average Bonchev–Trinajstić information content (AvgIpc) is 2.57. The molecule has 1 N–H and O–H groups in total. The standard InChI is InChI=1S/C19H23NO3S/c1-15-8-9-18(12-16(15)2)23-13-19(21)20-10-11-24(22)14-17-6-4-3-5-7-17/h3-9,12H,10-11,13-14H2,1-2H3,(H,20,21). The van der Waals surface area contributed by atoms with Gasteiger partial charge in [0.15, 0.2) is 6.61 Å². The van der Waals surface area contributed by atoms with Crippen LogP contribution in [-0.4, -0.2) is 29.0 Å². The lowest BCUT2D eigenvalue weighted by Crippen LogP contribution is -2.32. The van der Waals surface area contributed by atoms with Crippen molar-refractivity contribution < 1.29 is 13.7 Å². The third-order valence-electron chi connectivity index (χ3n) is 3.67. The number of nitrogens with one attached hydrogen (secondary N) is 1. The molecule has 0 aliphatic carbocycles. The molecule has 1 unspecified atom stereocenters. The summed E-state index contributed by atoms with van der Waals surface area (Å²) >= 11 is 0. The van der Waals surface area contributed by atoms with Crippen molar-refractivity contribution in [2.24, 2.45) is 0 Å². The second-order valence-corrected chi connectivity index (χ2v) is 7.24. The average molecular weight is 345 g/mol. The Bertz CT molecular complexity index is 701. The molecule has 4 nitrogen and oxygen atoms in total. The summed E-state index contributed by atoms with van der Waals surface area (Å²) < 4.78 is 17.4. The molecule has 0 fully saturated rings. The fourth-order valence-electron chi connectivity index (χ4n) is 2.14. The number of hydrogen-bond donors (Lipinski definition) is 1. The smallest absolute Gasteiger partial charge is 0.257 e. The molecule has 128 valence electrons. The molecule has 0 aromatic heterocycles. The third-order valence-corrected chi connectivity index (χ3v) is 4.99. The van der Waals surface area contributed by atoms with Gasteiger partial charge in [-0.05, 0) is 42.7 Å². The van der Waals surface area contributed by atoms with E-state index in [-0.39, 0.29) is 12.5 Å². The Morgan fingerprint density at radius 3 is 2.54 bits per heavy atom. The first-order valence-corrected chi connectivity index (χ1v) is 9.39. The van der Waals surface area contributed by atoms with Crippen LogP contribution in [0.15, 0.2) is 48.5 Å². The third kappa shape index (κ3) is 6.16. The largest absolute Gasteiger partial charge is 0.484 e. The molecule has 0 spiro atoms. The molecule has 2 rings (SSSR count). The number of hydrogen-bond acceptors (Lipinski definition) is 3. The number of benzene rings is 2. The van der Waals surface area contributed by atoms with Gasteiger partial charge in [-0.3, -0.25) is 9.00 Å². The molecule has 0 heterocycles. The van der Waals surface area contributed by atoms with Crippen molar-refractivity contribution in [1.29, 1.82) is 0 Å². The SMILES string of the molecule is Cc1ccc(OCC(=O)NCCS(=O)Cc2ccccc2)cc1C. The Hall–Kier alpha value is -2.14. The molecule has 0 saturated heterocycles. The van der Waals surface area contributed by atoms with Crippen LogP contribution in [0.25, 0.3) is 0 Å². The Balaban J connectivity index is 1.66. The maximum absolute atomic E-state index is 12.0. The lowest BCUT2D eigenvalue weighted by Gasteiger charge is -2.09. The van der Waals surface area contributed by atoms with E-state index in [2.05, 4.69) is 5.32 Å². The summed E-state index contributed by atoms with van der Waals surface area (Å²) in [6, 6.07) is 15.4. The Morgan fingerprint density at radius 2 is 1.83 bits per heavy atom. The molecule has 0 radical (unpaired) electrons. The van der Waals surface area contributed by atoms with E-state index in [0.29, 0.717) is 23.8 Å². The first-order chi connectivity index (χ1) is 11.5. The molecule has 0 saturated carbocycles. The van der Waals surface area contributed by atoms with Gasteiger partial charge < -0.3 is 10.1 Å². The van der Waals surface area contributed by atoms with Crippen molar-refractivity contribution >= 4 is 16.7 Å². The zero-order chi connectivity index (χ0) is 17.4. The fourth-order valence-corrected chi connectivity index (χ4v) is 3.18. The summed E-state index contributed by atoms with van der Waals surface area (Å²) in [5.41, 5.74) is 3.36. The highest BCUT2D eigenvalue weighted by Crippen LogP contribution is 2.16. The maximum Gasteiger partial charge on any atom is 0.257 e. The minimum absolute atomic E-state index is 0.0339. The van der Waals surface area contributed by atoms with Gasteiger partial charge in [0.1, 0.15) is 5.75 Å². The second kappa shape index (κ2) is 9.23. The van der Waals surface area contributed by atoms with Gasteiger partial charge >= 0.3 is 0 Å². The normalized spacial score (nSPS) is 11.8. The molecule has 1 amide bonds. The Kier molecular flexibility index (Phi) is 7.00. The van der Waals surface area contributed by atoms with E-state index in [1.165, 1.54) is 5.56 Å². The van der Waals surface area contributed by atoms with Gasteiger partial charge in [-0.1, -0.05) is 36.4 Å². The quantitative estimate of drug-likeness (QED) is 0.800. The van der Waals surface area contributed by atoms with Crippen LogP contribution in [0.1, 0.15) is 16.7 Å². The molecular formula is C19H23NO3S. The van der Waals surface area contributed by atoms with Crippen molar-refractivity contribution in [1.82, 2.24) is 5.32 Å². The zero-order valence-electron chi connectivity index (χ0n) is 14.1. The van der Waals surface area contributed by atoms with Crippen LogP contribution in [0.3, 0.4) is 0 Å². The first-order valence-electron chi connectivity index (χ1n) is 7.90. The highest BCUT2D eigenvalue weighted by atomic mass is 32.2. The van der Waals surface area contributed by atoms with Crippen LogP contribution in [0.5, 0.6) is 5.75 Å². The fraction of sp³-hybridized carbons (Fsp3) is 0.316. The first kappa shape index (κ1) is 18.2. The molecule has 2 aromatic rings. The van der Waals surface area contributed by atoms with Crippen molar-refractivity contribution in [2.45, 2.75) is 19.6 Å². The summed E-state index contributed by atoms with van der Waals surface area (Å²) in [4.78, 5) is 11.8. The van der Waals surface area contributed by atoms with Crippen LogP contribution >= 0.6 is 0 Å². The van der Waals surface area contributed by atoms with Crippen LogP contribution in [0, 0.1) is 13.8 Å². The number of carbonyl (C=O) groups excluding carboxylic acids is 1. The monoisotopic (exact) mass is 345 g/mol. The summed E-state index contributed by atoms with van der Waals surface area (Å²) in [7, 11) is -0.989. The Labute approximate surface area is 145 Å². The second-order valence-electron chi connectivity index (χ2n) is 5.66. The van der Waals surface area contributed by atoms with Gasteiger partial charge in [-0.2, -0.15) is 0 Å². The van der Waals surface area contributed by atoms with E-state index in [0.717, 1.165) is 11.1 Å². The minimum Gasteiger partial charge on any atom is -0.484 e. The highest BCUT2D eigenvalue weighted by molar-refractivity contribution is 7.84. The van der Waals surface area contributed by atoms with E-state index < -0.39 is 10.8 Å². The lowest BCUT2D eigenvalue weighted by molar-refractivity contribution is -0.122. The van der Waals surface area contributed by atoms with Crippen LogP contribution < -0.4 is 10.1 Å². The molecule has 0 aliphatic rings. The van der Waals surface area contributed by atoms with Gasteiger partial charge in [0.25, 0.3) is 5.91 Å². The maximum atomic E-state index is 12.0. The molecule has 0 aliphatic heterocycles.